The van der Waals surface area contributed by atoms with Crippen LogP contribution in [-0.2, 0) is 10.3 Å². The Bertz CT molecular complexity index is 481. The van der Waals surface area contributed by atoms with Gasteiger partial charge in [-0.1, -0.05) is 60.7 Å². The van der Waals surface area contributed by atoms with Gasteiger partial charge in [0.2, 0.25) is 0 Å². The highest BCUT2D eigenvalue weighted by molar-refractivity contribution is 5.28. The van der Waals surface area contributed by atoms with Crippen molar-refractivity contribution in [1.82, 2.24) is 0 Å². The largest absolute Gasteiger partial charge is 0.385 e. The zero-order valence-corrected chi connectivity index (χ0v) is 10.7. The van der Waals surface area contributed by atoms with E-state index in [1.807, 2.05) is 67.6 Å². The van der Waals surface area contributed by atoms with E-state index in [0.29, 0.717) is 0 Å². The summed E-state index contributed by atoms with van der Waals surface area (Å²) < 4.78 is 5.59. The van der Waals surface area contributed by atoms with Gasteiger partial charge in [0.15, 0.2) is 0 Å². The molecule has 0 radical (unpaired) electrons. The van der Waals surface area contributed by atoms with Gasteiger partial charge in [-0.05, 0) is 18.1 Å². The number of methoxy groups -OCH3 is 1. The van der Waals surface area contributed by atoms with E-state index in [4.69, 9.17) is 4.74 Å². The summed E-state index contributed by atoms with van der Waals surface area (Å²) in [6.45, 7) is 1.90. The predicted molar refractivity (Wildman–Crippen MR) is 72.2 cm³/mol. The Balaban J connectivity index is 2.39. The highest BCUT2D eigenvalue weighted by Gasteiger charge is 2.35. The van der Waals surface area contributed by atoms with Crippen molar-refractivity contribution in [3.63, 3.8) is 0 Å². The van der Waals surface area contributed by atoms with E-state index in [1.54, 1.807) is 7.11 Å². The maximum atomic E-state index is 10.6. The maximum Gasteiger partial charge on any atom is 0.120 e. The summed E-state index contributed by atoms with van der Waals surface area (Å²) >= 11 is 0. The van der Waals surface area contributed by atoms with Crippen LogP contribution < -0.4 is 0 Å². The molecule has 2 nitrogen and oxygen atoms in total. The van der Waals surface area contributed by atoms with E-state index < -0.39 is 11.7 Å². The van der Waals surface area contributed by atoms with Crippen molar-refractivity contribution < 1.29 is 9.84 Å². The van der Waals surface area contributed by atoms with Crippen LogP contribution in [0.2, 0.25) is 0 Å². The second kappa shape index (κ2) is 5.34. The van der Waals surface area contributed by atoms with Crippen molar-refractivity contribution in [3.8, 4) is 0 Å². The van der Waals surface area contributed by atoms with Crippen molar-refractivity contribution in [2.45, 2.75) is 18.6 Å². The van der Waals surface area contributed by atoms with Crippen LogP contribution in [0.15, 0.2) is 60.7 Å². The first-order valence-corrected chi connectivity index (χ1v) is 6.02. The molecule has 0 fully saturated rings. The molecule has 0 aliphatic heterocycles. The third-order valence-electron chi connectivity index (χ3n) is 3.41. The van der Waals surface area contributed by atoms with Crippen LogP contribution in [0.5, 0.6) is 0 Å². The van der Waals surface area contributed by atoms with Crippen LogP contribution >= 0.6 is 0 Å². The lowest BCUT2D eigenvalue weighted by Gasteiger charge is -2.34. The van der Waals surface area contributed by atoms with Crippen molar-refractivity contribution in [3.05, 3.63) is 71.8 Å². The third-order valence-corrected chi connectivity index (χ3v) is 3.41. The number of hydrogen-bond donors (Lipinski definition) is 1. The lowest BCUT2D eigenvalue weighted by molar-refractivity contribution is -0.0983. The SMILES string of the molecule is CO[C@@](C)(c1ccccc1)[C@@H](O)c1ccccc1. The fourth-order valence-corrected chi connectivity index (χ4v) is 2.11. The molecule has 0 amide bonds. The van der Waals surface area contributed by atoms with Crippen LogP contribution in [-0.4, -0.2) is 12.2 Å². The van der Waals surface area contributed by atoms with Crippen LogP contribution in [0.4, 0.5) is 0 Å². The first-order chi connectivity index (χ1) is 8.68. The van der Waals surface area contributed by atoms with E-state index in [2.05, 4.69) is 0 Å². The molecule has 2 atom stereocenters. The normalized spacial score (nSPS) is 15.9. The first kappa shape index (κ1) is 12.8. The average molecular weight is 242 g/mol. The van der Waals surface area contributed by atoms with Gasteiger partial charge < -0.3 is 9.84 Å². The topological polar surface area (TPSA) is 29.5 Å². The summed E-state index contributed by atoms with van der Waals surface area (Å²) in [5.41, 5.74) is 1.07. The Morgan fingerprint density at radius 1 is 0.944 bits per heavy atom. The Morgan fingerprint density at radius 3 is 1.94 bits per heavy atom. The highest BCUT2D eigenvalue weighted by atomic mass is 16.5. The molecule has 0 saturated heterocycles. The molecule has 0 bridgehead atoms. The maximum absolute atomic E-state index is 10.6. The molecule has 0 aliphatic rings. The minimum atomic E-state index is -0.747. The van der Waals surface area contributed by atoms with Gasteiger partial charge in [-0.25, -0.2) is 0 Å². The van der Waals surface area contributed by atoms with Crippen molar-refractivity contribution in [1.29, 1.82) is 0 Å². The number of rotatable bonds is 4. The van der Waals surface area contributed by atoms with Gasteiger partial charge in [-0.2, -0.15) is 0 Å². The van der Waals surface area contributed by atoms with E-state index in [-0.39, 0.29) is 0 Å². The second-order valence-electron chi connectivity index (χ2n) is 4.49. The smallest absolute Gasteiger partial charge is 0.120 e. The molecule has 0 aromatic heterocycles. The molecule has 0 unspecified atom stereocenters. The Morgan fingerprint density at radius 2 is 1.44 bits per heavy atom. The van der Waals surface area contributed by atoms with Crippen LogP contribution in [0.1, 0.15) is 24.2 Å². The van der Waals surface area contributed by atoms with E-state index in [1.165, 1.54) is 0 Å². The standard InChI is InChI=1S/C16H18O2/c1-16(18-2,14-11-7-4-8-12-14)15(17)13-9-5-3-6-10-13/h3-12,15,17H,1-2H3/t15-,16-/m0/s1. The minimum absolute atomic E-state index is 0.703. The quantitative estimate of drug-likeness (QED) is 0.891. The Hall–Kier alpha value is -1.64. The van der Waals surface area contributed by atoms with Crippen LogP contribution in [0.3, 0.4) is 0 Å². The predicted octanol–water partition coefficient (Wildman–Crippen LogP) is 3.28. The van der Waals surface area contributed by atoms with Crippen molar-refractivity contribution >= 4 is 0 Å². The summed E-state index contributed by atoms with van der Waals surface area (Å²) in [4.78, 5) is 0. The Labute approximate surface area is 108 Å². The van der Waals surface area contributed by atoms with Crippen LogP contribution in [0, 0.1) is 0 Å². The zero-order valence-electron chi connectivity index (χ0n) is 10.7. The number of aliphatic hydroxyl groups excluding tert-OH is 1. The number of benzene rings is 2. The average Bonchev–Trinajstić information content (AvgIpc) is 2.47. The molecule has 2 aromatic rings. The van der Waals surface area contributed by atoms with Gasteiger partial charge in [0.25, 0.3) is 0 Å². The molecule has 94 valence electrons. The molecular weight excluding hydrogens is 224 g/mol. The number of aliphatic hydroxyl groups is 1. The summed E-state index contributed by atoms with van der Waals surface area (Å²) in [7, 11) is 1.62. The lowest BCUT2D eigenvalue weighted by atomic mass is 9.86. The fraction of sp³-hybridized carbons (Fsp3) is 0.250. The number of ether oxygens (including phenoxy) is 1. The monoisotopic (exact) mass is 242 g/mol. The number of hydrogen-bond acceptors (Lipinski definition) is 2. The highest BCUT2D eigenvalue weighted by Crippen LogP contribution is 2.37. The molecule has 0 saturated carbocycles. The minimum Gasteiger partial charge on any atom is -0.385 e. The molecule has 0 spiro atoms. The summed E-state index contributed by atoms with van der Waals surface area (Å²) in [5.74, 6) is 0. The van der Waals surface area contributed by atoms with Gasteiger partial charge in [-0.15, -0.1) is 0 Å². The first-order valence-electron chi connectivity index (χ1n) is 6.02. The summed E-state index contributed by atoms with van der Waals surface area (Å²) in [5, 5.41) is 10.6. The lowest BCUT2D eigenvalue weighted by Crippen LogP contribution is -2.32. The van der Waals surface area contributed by atoms with Crippen molar-refractivity contribution in [2.24, 2.45) is 0 Å². The fourth-order valence-electron chi connectivity index (χ4n) is 2.11. The Kier molecular flexibility index (Phi) is 3.80. The zero-order chi connectivity index (χ0) is 13.0. The second-order valence-corrected chi connectivity index (χ2v) is 4.49. The van der Waals surface area contributed by atoms with E-state index in [0.717, 1.165) is 11.1 Å². The molecule has 2 heteroatoms. The van der Waals surface area contributed by atoms with Gasteiger partial charge in [0.1, 0.15) is 11.7 Å². The molecule has 18 heavy (non-hydrogen) atoms. The third kappa shape index (κ3) is 2.30. The van der Waals surface area contributed by atoms with Gasteiger partial charge in [0.05, 0.1) is 0 Å². The van der Waals surface area contributed by atoms with Crippen molar-refractivity contribution in [2.75, 3.05) is 7.11 Å². The van der Waals surface area contributed by atoms with Gasteiger partial charge in [0, 0.05) is 7.11 Å². The van der Waals surface area contributed by atoms with Gasteiger partial charge >= 0.3 is 0 Å². The molecule has 0 heterocycles. The van der Waals surface area contributed by atoms with E-state index in [9.17, 15) is 5.11 Å². The summed E-state index contributed by atoms with van der Waals surface area (Å²) in [6.07, 6.45) is -0.703. The van der Waals surface area contributed by atoms with Crippen LogP contribution in [0.25, 0.3) is 0 Å². The molecule has 1 N–H and O–H groups in total. The van der Waals surface area contributed by atoms with E-state index >= 15 is 0 Å². The molecule has 2 aromatic carbocycles. The molecule has 2 rings (SSSR count). The molecular formula is C16H18O2. The summed E-state index contributed by atoms with van der Waals surface area (Å²) in [6, 6.07) is 19.4. The van der Waals surface area contributed by atoms with Gasteiger partial charge in [-0.3, -0.25) is 0 Å². The molecule has 0 aliphatic carbocycles.